The summed E-state index contributed by atoms with van der Waals surface area (Å²) in [5, 5.41) is 13.9. The summed E-state index contributed by atoms with van der Waals surface area (Å²) >= 11 is 0. The third-order valence-corrected chi connectivity index (χ3v) is 1.70. The van der Waals surface area contributed by atoms with Crippen molar-refractivity contribution in [3.8, 4) is 0 Å². The first-order chi connectivity index (χ1) is 6.57. The lowest BCUT2D eigenvalue weighted by Gasteiger charge is -2.00. The molecule has 0 aliphatic carbocycles. The molecule has 0 rings (SSSR count). The SMILES string of the molecule is CNC(=O)CCNC/C=C(/C)C(=O)O. The number of aliphatic carboxylic acids is 1. The summed E-state index contributed by atoms with van der Waals surface area (Å²) in [6, 6.07) is 0. The van der Waals surface area contributed by atoms with Gasteiger partial charge in [0.25, 0.3) is 0 Å². The number of carbonyl (C=O) groups excluding carboxylic acids is 1. The molecule has 0 bridgehead atoms. The fraction of sp³-hybridized carbons (Fsp3) is 0.556. The number of hydrogen-bond acceptors (Lipinski definition) is 3. The quantitative estimate of drug-likeness (QED) is 0.408. The molecule has 0 radical (unpaired) electrons. The van der Waals surface area contributed by atoms with Crippen molar-refractivity contribution in [1.82, 2.24) is 10.6 Å². The van der Waals surface area contributed by atoms with Gasteiger partial charge in [0.05, 0.1) is 0 Å². The summed E-state index contributed by atoms with van der Waals surface area (Å²) in [4.78, 5) is 21.1. The lowest BCUT2D eigenvalue weighted by atomic mass is 10.3. The van der Waals surface area contributed by atoms with Crippen LogP contribution in [0.5, 0.6) is 0 Å². The molecule has 0 aliphatic rings. The largest absolute Gasteiger partial charge is 0.478 e. The summed E-state index contributed by atoms with van der Waals surface area (Å²) in [5.41, 5.74) is 0.303. The molecule has 0 atom stereocenters. The van der Waals surface area contributed by atoms with Crippen molar-refractivity contribution < 1.29 is 14.7 Å². The number of nitrogens with one attached hydrogen (secondary N) is 2. The highest BCUT2D eigenvalue weighted by molar-refractivity contribution is 5.85. The average Bonchev–Trinajstić information content (AvgIpc) is 2.16. The molecule has 80 valence electrons. The van der Waals surface area contributed by atoms with Crippen LogP contribution in [0, 0.1) is 0 Å². The Labute approximate surface area is 83.2 Å². The zero-order valence-electron chi connectivity index (χ0n) is 8.46. The molecule has 0 unspecified atom stereocenters. The maximum absolute atomic E-state index is 10.8. The van der Waals surface area contributed by atoms with Gasteiger partial charge in [-0.25, -0.2) is 4.79 Å². The molecule has 0 spiro atoms. The molecule has 5 nitrogen and oxygen atoms in total. The predicted octanol–water partition coefficient (Wildman–Crippen LogP) is -0.257. The molecule has 1 amide bonds. The lowest BCUT2D eigenvalue weighted by Crippen LogP contribution is -2.24. The summed E-state index contributed by atoms with van der Waals surface area (Å²) in [6.07, 6.45) is 1.97. The Morgan fingerprint density at radius 3 is 2.57 bits per heavy atom. The van der Waals surface area contributed by atoms with Crippen molar-refractivity contribution in [2.45, 2.75) is 13.3 Å². The van der Waals surface area contributed by atoms with Crippen molar-refractivity contribution in [3.63, 3.8) is 0 Å². The highest BCUT2D eigenvalue weighted by atomic mass is 16.4. The first-order valence-electron chi connectivity index (χ1n) is 4.39. The summed E-state index contributed by atoms with van der Waals surface area (Å²) in [5.74, 6) is -0.950. The fourth-order valence-electron chi connectivity index (χ4n) is 0.742. The van der Waals surface area contributed by atoms with E-state index in [9.17, 15) is 9.59 Å². The van der Waals surface area contributed by atoms with Gasteiger partial charge in [-0.1, -0.05) is 6.08 Å². The molecule has 0 aromatic rings. The van der Waals surface area contributed by atoms with Gasteiger partial charge in [0.2, 0.25) is 5.91 Å². The second-order valence-electron chi connectivity index (χ2n) is 2.82. The Morgan fingerprint density at radius 2 is 2.07 bits per heavy atom. The minimum Gasteiger partial charge on any atom is -0.478 e. The molecule has 0 aliphatic heterocycles. The van der Waals surface area contributed by atoms with Crippen LogP contribution in [0.15, 0.2) is 11.6 Å². The standard InChI is InChI=1S/C9H16N2O3/c1-7(9(13)14)3-5-11-6-4-8(12)10-2/h3,11H,4-6H2,1-2H3,(H,10,12)(H,13,14)/b7-3-. The van der Waals surface area contributed by atoms with Crippen molar-refractivity contribution in [2.75, 3.05) is 20.1 Å². The van der Waals surface area contributed by atoms with Gasteiger partial charge in [-0.2, -0.15) is 0 Å². The minimum atomic E-state index is -0.918. The number of hydrogen-bond donors (Lipinski definition) is 3. The monoisotopic (exact) mass is 200 g/mol. The van der Waals surface area contributed by atoms with E-state index in [1.54, 1.807) is 13.1 Å². The Bertz CT molecular complexity index is 236. The van der Waals surface area contributed by atoms with Crippen LogP contribution in [0.3, 0.4) is 0 Å². The predicted molar refractivity (Wildman–Crippen MR) is 52.9 cm³/mol. The first-order valence-corrected chi connectivity index (χ1v) is 4.39. The van der Waals surface area contributed by atoms with Gasteiger partial charge >= 0.3 is 5.97 Å². The molecule has 5 heteroatoms. The number of rotatable bonds is 6. The van der Waals surface area contributed by atoms with Crippen LogP contribution in [0.1, 0.15) is 13.3 Å². The van der Waals surface area contributed by atoms with Gasteiger partial charge in [0.15, 0.2) is 0 Å². The van der Waals surface area contributed by atoms with E-state index in [4.69, 9.17) is 5.11 Å². The van der Waals surface area contributed by atoms with Crippen molar-refractivity contribution in [3.05, 3.63) is 11.6 Å². The van der Waals surface area contributed by atoms with Crippen LogP contribution in [0.4, 0.5) is 0 Å². The smallest absolute Gasteiger partial charge is 0.330 e. The molecule has 0 fully saturated rings. The Kier molecular flexibility index (Phi) is 6.39. The van der Waals surface area contributed by atoms with E-state index in [2.05, 4.69) is 10.6 Å². The van der Waals surface area contributed by atoms with Gasteiger partial charge in [0.1, 0.15) is 0 Å². The van der Waals surface area contributed by atoms with E-state index in [0.29, 0.717) is 25.1 Å². The zero-order valence-corrected chi connectivity index (χ0v) is 8.46. The van der Waals surface area contributed by atoms with E-state index in [1.165, 1.54) is 6.92 Å². The maximum atomic E-state index is 10.8. The number of carbonyl (C=O) groups is 2. The molecule has 14 heavy (non-hydrogen) atoms. The number of carboxylic acids is 1. The number of carboxylic acid groups (broad SMARTS) is 1. The van der Waals surface area contributed by atoms with Crippen LogP contribution in [-0.2, 0) is 9.59 Å². The van der Waals surface area contributed by atoms with E-state index in [0.717, 1.165) is 0 Å². The van der Waals surface area contributed by atoms with Gasteiger partial charge in [0, 0.05) is 32.1 Å². The van der Waals surface area contributed by atoms with Gasteiger partial charge in [-0.3, -0.25) is 4.79 Å². The molecule has 3 N–H and O–H groups in total. The minimum absolute atomic E-state index is 0.0311. The van der Waals surface area contributed by atoms with Crippen molar-refractivity contribution >= 4 is 11.9 Å². The zero-order chi connectivity index (χ0) is 11.0. The van der Waals surface area contributed by atoms with Crippen LogP contribution in [0.2, 0.25) is 0 Å². The van der Waals surface area contributed by atoms with Crippen LogP contribution >= 0.6 is 0 Å². The fourth-order valence-corrected chi connectivity index (χ4v) is 0.742. The molecular formula is C9H16N2O3. The summed E-state index contributed by atoms with van der Waals surface area (Å²) in [7, 11) is 1.58. The molecular weight excluding hydrogens is 184 g/mol. The van der Waals surface area contributed by atoms with Crippen LogP contribution in [0.25, 0.3) is 0 Å². The third kappa shape index (κ3) is 6.19. The number of amides is 1. The normalized spacial score (nSPS) is 11.1. The second kappa shape index (κ2) is 7.08. The van der Waals surface area contributed by atoms with Crippen LogP contribution in [-0.4, -0.2) is 37.1 Å². The van der Waals surface area contributed by atoms with E-state index >= 15 is 0 Å². The third-order valence-electron chi connectivity index (χ3n) is 1.70. The topological polar surface area (TPSA) is 78.4 Å². The summed E-state index contributed by atoms with van der Waals surface area (Å²) in [6.45, 7) is 2.54. The molecule has 0 aromatic carbocycles. The molecule has 0 aromatic heterocycles. The Morgan fingerprint density at radius 1 is 1.43 bits per heavy atom. The average molecular weight is 200 g/mol. The lowest BCUT2D eigenvalue weighted by molar-refractivity contribution is -0.132. The Balaban J connectivity index is 3.51. The second-order valence-corrected chi connectivity index (χ2v) is 2.82. The van der Waals surface area contributed by atoms with Gasteiger partial charge in [-0.15, -0.1) is 0 Å². The molecule has 0 saturated heterocycles. The highest BCUT2D eigenvalue weighted by Crippen LogP contribution is 1.89. The van der Waals surface area contributed by atoms with E-state index in [-0.39, 0.29) is 5.91 Å². The summed E-state index contributed by atoms with van der Waals surface area (Å²) < 4.78 is 0. The molecule has 0 saturated carbocycles. The van der Waals surface area contributed by atoms with E-state index in [1.807, 2.05) is 0 Å². The van der Waals surface area contributed by atoms with Crippen LogP contribution < -0.4 is 10.6 Å². The highest BCUT2D eigenvalue weighted by Gasteiger charge is 1.98. The maximum Gasteiger partial charge on any atom is 0.330 e. The first kappa shape index (κ1) is 12.6. The van der Waals surface area contributed by atoms with Crippen molar-refractivity contribution in [2.24, 2.45) is 0 Å². The van der Waals surface area contributed by atoms with E-state index < -0.39 is 5.97 Å². The van der Waals surface area contributed by atoms with Gasteiger partial charge < -0.3 is 15.7 Å². The van der Waals surface area contributed by atoms with Gasteiger partial charge in [-0.05, 0) is 6.92 Å². The molecule has 0 heterocycles. The van der Waals surface area contributed by atoms with Crippen molar-refractivity contribution in [1.29, 1.82) is 0 Å². The Hall–Kier alpha value is -1.36.